The molecule has 5 nitrogen and oxygen atoms in total. The zero-order chi connectivity index (χ0) is 18.9. The Morgan fingerprint density at radius 1 is 1.25 bits per heavy atom. The Kier molecular flexibility index (Phi) is 4.49. The lowest BCUT2D eigenvalue weighted by molar-refractivity contribution is 0.655. The minimum absolute atomic E-state index is 0.523. The van der Waals surface area contributed by atoms with Crippen LogP contribution in [0, 0.1) is 5.92 Å². The number of allylic oxidation sites excluding steroid dienone is 4. The Morgan fingerprint density at radius 2 is 2.21 bits per heavy atom. The van der Waals surface area contributed by atoms with Crippen LogP contribution in [-0.2, 0) is 19.4 Å². The van der Waals surface area contributed by atoms with Gasteiger partial charge >= 0.3 is 0 Å². The van der Waals surface area contributed by atoms with Crippen LogP contribution in [0.1, 0.15) is 22.4 Å². The predicted molar refractivity (Wildman–Crippen MR) is 115 cm³/mol. The van der Waals surface area contributed by atoms with Crippen molar-refractivity contribution in [3.05, 3.63) is 77.1 Å². The van der Waals surface area contributed by atoms with E-state index in [2.05, 4.69) is 46.6 Å². The zero-order valence-corrected chi connectivity index (χ0v) is 16.5. The van der Waals surface area contributed by atoms with E-state index in [1.54, 1.807) is 0 Å². The maximum absolute atomic E-state index is 5.97. The van der Waals surface area contributed by atoms with Crippen LogP contribution < -0.4 is 10.6 Å². The summed E-state index contributed by atoms with van der Waals surface area (Å²) in [6.45, 7) is 1.91. The molecule has 0 radical (unpaired) electrons. The molecule has 0 amide bonds. The van der Waals surface area contributed by atoms with Crippen LogP contribution in [0.2, 0.25) is 0 Å². The quantitative estimate of drug-likeness (QED) is 0.681. The number of hydrogen-bond acceptors (Lipinski definition) is 5. The Hall–Kier alpha value is -2.86. The number of rotatable bonds is 4. The molecule has 6 heteroatoms. The molecule has 1 aliphatic heterocycles. The van der Waals surface area contributed by atoms with Crippen LogP contribution in [0.4, 0.5) is 10.8 Å². The van der Waals surface area contributed by atoms with E-state index in [4.69, 9.17) is 10.7 Å². The van der Waals surface area contributed by atoms with E-state index in [9.17, 15) is 0 Å². The van der Waals surface area contributed by atoms with Crippen molar-refractivity contribution in [1.29, 1.82) is 0 Å². The standard InChI is InChI=1S/C22H23N5S/c23-19-5-4-17-8-11-26(15-18(17)13-19)22-24-14-21(28-22)12-16-2-6-20(7-3-16)27-10-1-9-25-27/h1-2,4-7,9-10,13-14,16H,3,8,11-12,15,23H2. The molecule has 1 aliphatic carbocycles. The van der Waals surface area contributed by atoms with Crippen LogP contribution in [0.5, 0.6) is 0 Å². The second kappa shape index (κ2) is 7.28. The van der Waals surface area contributed by atoms with Crippen molar-refractivity contribution in [2.75, 3.05) is 17.2 Å². The third kappa shape index (κ3) is 3.47. The second-order valence-electron chi connectivity index (χ2n) is 7.45. The Balaban J connectivity index is 1.23. The van der Waals surface area contributed by atoms with Crippen molar-refractivity contribution in [3.63, 3.8) is 0 Å². The number of aromatic nitrogens is 3. The van der Waals surface area contributed by atoms with Gasteiger partial charge in [0, 0.05) is 42.2 Å². The fourth-order valence-corrected chi connectivity index (χ4v) is 4.96. The van der Waals surface area contributed by atoms with Crippen molar-refractivity contribution in [3.8, 4) is 0 Å². The van der Waals surface area contributed by atoms with Gasteiger partial charge in [0.1, 0.15) is 0 Å². The third-order valence-corrected chi connectivity index (χ3v) is 6.54. The fraction of sp³-hybridized carbons (Fsp3) is 0.273. The van der Waals surface area contributed by atoms with Crippen molar-refractivity contribution in [1.82, 2.24) is 14.8 Å². The van der Waals surface area contributed by atoms with E-state index in [0.29, 0.717) is 5.92 Å². The van der Waals surface area contributed by atoms with Crippen LogP contribution in [0.15, 0.2) is 61.1 Å². The lowest BCUT2D eigenvalue weighted by Crippen LogP contribution is -2.30. The average molecular weight is 390 g/mol. The number of fused-ring (bicyclic) bond motifs is 1. The number of hydrogen-bond donors (Lipinski definition) is 1. The van der Waals surface area contributed by atoms with Gasteiger partial charge in [0.15, 0.2) is 5.13 Å². The monoisotopic (exact) mass is 389 g/mol. The summed E-state index contributed by atoms with van der Waals surface area (Å²) in [5, 5.41) is 5.42. The van der Waals surface area contributed by atoms with Crippen LogP contribution in [0.3, 0.4) is 0 Å². The third-order valence-electron chi connectivity index (χ3n) is 5.46. The molecule has 2 N–H and O–H groups in total. The number of thiazole rings is 1. The summed E-state index contributed by atoms with van der Waals surface area (Å²) in [7, 11) is 0. The highest BCUT2D eigenvalue weighted by molar-refractivity contribution is 7.15. The predicted octanol–water partition coefficient (Wildman–Crippen LogP) is 4.14. The molecular weight excluding hydrogens is 366 g/mol. The Labute approximate surface area is 168 Å². The first-order valence-corrected chi connectivity index (χ1v) is 10.5. The first kappa shape index (κ1) is 17.3. The molecule has 142 valence electrons. The molecule has 1 atom stereocenters. The average Bonchev–Trinajstić information content (AvgIpc) is 3.40. The molecule has 1 aromatic carbocycles. The fourth-order valence-electron chi connectivity index (χ4n) is 3.93. The number of nitrogens with zero attached hydrogens (tertiary/aromatic N) is 4. The van der Waals surface area contributed by atoms with Gasteiger partial charge in [-0.2, -0.15) is 5.10 Å². The van der Waals surface area contributed by atoms with E-state index in [0.717, 1.165) is 48.9 Å². The summed E-state index contributed by atoms with van der Waals surface area (Å²) in [4.78, 5) is 8.44. The lowest BCUT2D eigenvalue weighted by atomic mass is 9.95. The lowest BCUT2D eigenvalue weighted by Gasteiger charge is -2.28. The molecule has 5 rings (SSSR count). The van der Waals surface area contributed by atoms with Gasteiger partial charge in [-0.25, -0.2) is 9.67 Å². The number of nitrogen functional groups attached to an aromatic ring is 1. The maximum Gasteiger partial charge on any atom is 0.185 e. The highest BCUT2D eigenvalue weighted by Crippen LogP contribution is 2.31. The van der Waals surface area contributed by atoms with Gasteiger partial charge in [0.2, 0.25) is 0 Å². The van der Waals surface area contributed by atoms with E-state index in [1.165, 1.54) is 16.0 Å². The van der Waals surface area contributed by atoms with Crippen molar-refractivity contribution in [2.45, 2.75) is 25.8 Å². The van der Waals surface area contributed by atoms with E-state index < -0.39 is 0 Å². The summed E-state index contributed by atoms with van der Waals surface area (Å²) in [6.07, 6.45) is 15.7. The summed E-state index contributed by atoms with van der Waals surface area (Å²) in [5.41, 5.74) is 10.7. The number of benzene rings is 1. The van der Waals surface area contributed by atoms with Crippen LogP contribution in [-0.4, -0.2) is 21.3 Å². The largest absolute Gasteiger partial charge is 0.399 e. The van der Waals surface area contributed by atoms with Gasteiger partial charge in [-0.05, 0) is 60.6 Å². The highest BCUT2D eigenvalue weighted by atomic mass is 32.1. The molecule has 1 unspecified atom stereocenters. The molecule has 0 fully saturated rings. The van der Waals surface area contributed by atoms with Gasteiger partial charge in [0.05, 0.1) is 5.70 Å². The summed E-state index contributed by atoms with van der Waals surface area (Å²) < 4.78 is 1.92. The number of nitrogens with two attached hydrogens (primary N) is 1. The minimum Gasteiger partial charge on any atom is -0.399 e. The van der Waals surface area contributed by atoms with Gasteiger partial charge in [-0.1, -0.05) is 18.2 Å². The highest BCUT2D eigenvalue weighted by Gasteiger charge is 2.20. The van der Waals surface area contributed by atoms with E-state index in [-0.39, 0.29) is 0 Å². The first-order valence-electron chi connectivity index (χ1n) is 9.70. The Morgan fingerprint density at radius 3 is 3.04 bits per heavy atom. The molecular formula is C22H23N5S. The SMILES string of the molecule is Nc1ccc2c(c1)CN(c1ncc(CC3C=CC(n4cccn4)=CC3)s1)CC2. The molecule has 28 heavy (non-hydrogen) atoms. The zero-order valence-electron chi connectivity index (χ0n) is 15.7. The molecule has 3 aromatic rings. The van der Waals surface area contributed by atoms with Gasteiger partial charge < -0.3 is 10.6 Å². The molecule has 2 aliphatic rings. The van der Waals surface area contributed by atoms with Crippen molar-refractivity contribution in [2.24, 2.45) is 5.92 Å². The van der Waals surface area contributed by atoms with E-state index >= 15 is 0 Å². The van der Waals surface area contributed by atoms with Crippen molar-refractivity contribution < 1.29 is 0 Å². The molecule has 0 saturated carbocycles. The summed E-state index contributed by atoms with van der Waals surface area (Å²) in [6, 6.07) is 8.22. The van der Waals surface area contributed by atoms with Crippen LogP contribution >= 0.6 is 11.3 Å². The van der Waals surface area contributed by atoms with Crippen LogP contribution in [0.25, 0.3) is 5.70 Å². The number of anilines is 2. The van der Waals surface area contributed by atoms with Gasteiger partial charge in [0.25, 0.3) is 0 Å². The second-order valence-corrected chi connectivity index (χ2v) is 8.54. The van der Waals surface area contributed by atoms with Crippen molar-refractivity contribution >= 4 is 27.9 Å². The maximum atomic E-state index is 5.97. The molecule has 0 bridgehead atoms. The molecule has 0 spiro atoms. The summed E-state index contributed by atoms with van der Waals surface area (Å²) >= 11 is 1.82. The Bertz CT molecular complexity index is 1030. The minimum atomic E-state index is 0.523. The normalized spacial score (nSPS) is 18.8. The summed E-state index contributed by atoms with van der Waals surface area (Å²) in [5.74, 6) is 0.523. The molecule has 2 aromatic heterocycles. The first-order chi connectivity index (χ1) is 13.7. The molecule has 0 saturated heterocycles. The van der Waals surface area contributed by atoms with Gasteiger partial charge in [-0.15, -0.1) is 11.3 Å². The smallest absolute Gasteiger partial charge is 0.185 e. The van der Waals surface area contributed by atoms with E-state index in [1.807, 2.05) is 40.5 Å². The topological polar surface area (TPSA) is 60.0 Å². The molecule has 3 heterocycles. The van der Waals surface area contributed by atoms with Gasteiger partial charge in [-0.3, -0.25) is 0 Å².